The summed E-state index contributed by atoms with van der Waals surface area (Å²) in [6, 6.07) is 10.2. The zero-order chi connectivity index (χ0) is 20.7. The molecular weight excluding hydrogens is 388 g/mol. The van der Waals surface area contributed by atoms with Crippen LogP contribution in [-0.2, 0) is 9.47 Å². The molecule has 1 unspecified atom stereocenters. The molecular formula is C24H25F2NO3. The molecule has 0 amide bonds. The molecule has 3 fully saturated rings. The van der Waals surface area contributed by atoms with Crippen molar-refractivity contribution < 1.29 is 23.4 Å². The van der Waals surface area contributed by atoms with E-state index in [0.717, 1.165) is 16.8 Å². The summed E-state index contributed by atoms with van der Waals surface area (Å²) >= 11 is 0. The van der Waals surface area contributed by atoms with Crippen LogP contribution in [0.5, 0.6) is 0 Å². The van der Waals surface area contributed by atoms with Gasteiger partial charge in [0.05, 0.1) is 25.0 Å². The number of aliphatic hydroxyl groups excluding tert-OH is 1. The van der Waals surface area contributed by atoms with Crippen LogP contribution in [0.1, 0.15) is 25.0 Å². The topological polar surface area (TPSA) is 51.6 Å². The monoisotopic (exact) mass is 413 g/mol. The van der Waals surface area contributed by atoms with E-state index in [9.17, 15) is 13.9 Å². The Hall–Kier alpha value is -2.15. The summed E-state index contributed by atoms with van der Waals surface area (Å²) < 4.78 is 39.8. The summed E-state index contributed by atoms with van der Waals surface area (Å²) in [6.07, 6.45) is 5.03. The van der Waals surface area contributed by atoms with Gasteiger partial charge in [0.1, 0.15) is 12.0 Å². The molecule has 1 saturated heterocycles. The van der Waals surface area contributed by atoms with Crippen molar-refractivity contribution in [3.05, 3.63) is 60.2 Å². The van der Waals surface area contributed by atoms with Crippen LogP contribution in [0.3, 0.4) is 0 Å². The van der Waals surface area contributed by atoms with Gasteiger partial charge in [-0.2, -0.15) is 0 Å². The molecule has 1 aromatic heterocycles. The molecule has 0 bridgehead atoms. The van der Waals surface area contributed by atoms with Gasteiger partial charge < -0.3 is 14.6 Å². The van der Waals surface area contributed by atoms with Crippen LogP contribution >= 0.6 is 0 Å². The van der Waals surface area contributed by atoms with Crippen molar-refractivity contribution in [3.63, 3.8) is 0 Å². The van der Waals surface area contributed by atoms with Crippen molar-refractivity contribution in [1.29, 1.82) is 0 Å². The van der Waals surface area contributed by atoms with Crippen molar-refractivity contribution >= 4 is 6.08 Å². The minimum atomic E-state index is -1.21. The molecule has 1 aromatic carbocycles. The maximum absolute atomic E-state index is 14.3. The summed E-state index contributed by atoms with van der Waals surface area (Å²) in [5.74, 6) is -0.831. The number of aromatic nitrogens is 1. The molecule has 2 heterocycles. The van der Waals surface area contributed by atoms with Crippen molar-refractivity contribution in [2.75, 3.05) is 13.2 Å². The summed E-state index contributed by atoms with van der Waals surface area (Å²) in [4.78, 5) is 4.49. The van der Waals surface area contributed by atoms with Gasteiger partial charge in [-0.3, -0.25) is 4.98 Å². The Bertz CT molecular complexity index is 926. The lowest BCUT2D eigenvalue weighted by atomic mass is 9.75. The quantitative estimate of drug-likeness (QED) is 0.811. The number of alkyl halides is 1. The van der Waals surface area contributed by atoms with Crippen LogP contribution in [0.2, 0.25) is 0 Å². The fraction of sp³-hybridized carbons (Fsp3) is 0.458. The lowest BCUT2D eigenvalue weighted by Gasteiger charge is -2.34. The third kappa shape index (κ3) is 3.57. The number of ether oxygens (including phenoxy) is 2. The summed E-state index contributed by atoms with van der Waals surface area (Å²) in [5, 5.41) is 9.98. The molecule has 1 aliphatic heterocycles. The van der Waals surface area contributed by atoms with E-state index in [0.29, 0.717) is 32.5 Å². The molecule has 2 aromatic rings. The smallest absolute Gasteiger partial charge is 0.175 e. The Morgan fingerprint density at radius 3 is 2.67 bits per heavy atom. The normalized spacial score (nSPS) is 32.7. The van der Waals surface area contributed by atoms with Gasteiger partial charge in [0, 0.05) is 24.1 Å². The molecule has 2 aliphatic carbocycles. The number of aliphatic hydroxyl groups is 1. The SMILES string of the molecule is O[C@H]1C[C@H]2CC3(OCCO3)[C@@H](/C=C/c3ccc(-c4cccc(F)c4)cn3)C2C[C@@H]1F. The van der Waals surface area contributed by atoms with Gasteiger partial charge in [-0.05, 0) is 54.5 Å². The number of fused-ring (bicyclic) bond motifs is 1. The van der Waals surface area contributed by atoms with Gasteiger partial charge >= 0.3 is 0 Å². The molecule has 158 valence electrons. The predicted molar refractivity (Wildman–Crippen MR) is 109 cm³/mol. The third-order valence-electron chi connectivity index (χ3n) is 6.78. The molecule has 30 heavy (non-hydrogen) atoms. The summed E-state index contributed by atoms with van der Waals surface area (Å²) in [7, 11) is 0. The number of nitrogens with zero attached hydrogens (tertiary/aromatic N) is 1. The van der Waals surface area contributed by atoms with Crippen LogP contribution < -0.4 is 0 Å². The van der Waals surface area contributed by atoms with Gasteiger partial charge in [0.15, 0.2) is 5.79 Å². The largest absolute Gasteiger partial charge is 0.390 e. The zero-order valence-electron chi connectivity index (χ0n) is 16.6. The number of rotatable bonds is 3. The molecule has 4 nitrogen and oxygen atoms in total. The van der Waals surface area contributed by atoms with E-state index >= 15 is 0 Å². The Balaban J connectivity index is 1.38. The van der Waals surface area contributed by atoms with E-state index in [2.05, 4.69) is 4.98 Å². The van der Waals surface area contributed by atoms with Crippen molar-refractivity contribution in [2.45, 2.75) is 37.3 Å². The van der Waals surface area contributed by atoms with Gasteiger partial charge in [0.2, 0.25) is 0 Å². The average Bonchev–Trinajstić information content (AvgIpc) is 3.32. The van der Waals surface area contributed by atoms with Gasteiger partial charge in [0.25, 0.3) is 0 Å². The second-order valence-corrected chi connectivity index (χ2v) is 8.56. The third-order valence-corrected chi connectivity index (χ3v) is 6.78. The number of hydrogen-bond acceptors (Lipinski definition) is 4. The lowest BCUT2D eigenvalue weighted by molar-refractivity contribution is -0.175. The van der Waals surface area contributed by atoms with Crippen molar-refractivity contribution in [3.8, 4) is 11.1 Å². The van der Waals surface area contributed by atoms with Crippen molar-refractivity contribution in [2.24, 2.45) is 17.8 Å². The van der Waals surface area contributed by atoms with Crippen LogP contribution in [-0.4, -0.2) is 41.4 Å². The van der Waals surface area contributed by atoms with E-state index in [1.807, 2.05) is 30.4 Å². The standard InChI is InChI=1S/C24H25F2NO3/c25-18-3-1-2-15(10-18)16-4-5-19(27-14-16)6-7-21-20-12-22(26)23(28)11-17(20)13-24(21)29-8-9-30-24/h1-7,10,14,17,20-23,28H,8-9,11-13H2/b7-6+/t17-,20?,21-,22-,23-/m0/s1. The van der Waals surface area contributed by atoms with E-state index in [1.165, 1.54) is 12.1 Å². The molecule has 2 saturated carbocycles. The first-order chi connectivity index (χ1) is 14.5. The minimum absolute atomic E-state index is 0.0734. The molecule has 5 atom stereocenters. The first kappa shape index (κ1) is 19.8. The van der Waals surface area contributed by atoms with Crippen LogP contribution in [0, 0.1) is 23.6 Å². The lowest BCUT2D eigenvalue weighted by Crippen LogP contribution is -2.38. The Labute approximate surface area is 174 Å². The fourth-order valence-electron chi connectivity index (χ4n) is 5.36. The highest BCUT2D eigenvalue weighted by Crippen LogP contribution is 2.55. The van der Waals surface area contributed by atoms with Gasteiger partial charge in [-0.15, -0.1) is 0 Å². The number of hydrogen-bond donors (Lipinski definition) is 1. The highest BCUT2D eigenvalue weighted by atomic mass is 19.1. The predicted octanol–water partition coefficient (Wildman–Crippen LogP) is 4.39. The first-order valence-corrected chi connectivity index (χ1v) is 10.5. The number of benzene rings is 1. The Kier molecular flexibility index (Phi) is 5.17. The van der Waals surface area contributed by atoms with E-state index in [1.54, 1.807) is 12.3 Å². The maximum Gasteiger partial charge on any atom is 0.175 e. The van der Waals surface area contributed by atoms with Crippen LogP contribution in [0.15, 0.2) is 48.7 Å². The van der Waals surface area contributed by atoms with E-state index < -0.39 is 18.1 Å². The fourth-order valence-corrected chi connectivity index (χ4v) is 5.36. The number of halogens is 2. The van der Waals surface area contributed by atoms with Gasteiger partial charge in [-0.25, -0.2) is 8.78 Å². The summed E-state index contributed by atoms with van der Waals surface area (Å²) in [6.45, 7) is 1.07. The highest BCUT2D eigenvalue weighted by Gasteiger charge is 2.58. The Morgan fingerprint density at radius 1 is 1.10 bits per heavy atom. The highest BCUT2D eigenvalue weighted by molar-refractivity contribution is 5.63. The number of pyridine rings is 1. The maximum atomic E-state index is 14.3. The average molecular weight is 413 g/mol. The second kappa shape index (κ2) is 7.84. The van der Waals surface area contributed by atoms with Crippen LogP contribution in [0.4, 0.5) is 8.78 Å². The second-order valence-electron chi connectivity index (χ2n) is 8.56. The van der Waals surface area contributed by atoms with Gasteiger partial charge in [-0.1, -0.05) is 24.3 Å². The molecule has 5 rings (SSSR count). The molecule has 6 heteroatoms. The van der Waals surface area contributed by atoms with E-state index in [4.69, 9.17) is 9.47 Å². The van der Waals surface area contributed by atoms with E-state index in [-0.39, 0.29) is 23.6 Å². The molecule has 1 N–H and O–H groups in total. The molecule has 3 aliphatic rings. The van der Waals surface area contributed by atoms with Crippen LogP contribution in [0.25, 0.3) is 17.2 Å². The molecule has 1 spiro atoms. The minimum Gasteiger partial charge on any atom is -0.390 e. The molecule has 0 radical (unpaired) electrons. The zero-order valence-corrected chi connectivity index (χ0v) is 16.6. The first-order valence-electron chi connectivity index (χ1n) is 10.5. The Morgan fingerprint density at radius 2 is 1.93 bits per heavy atom. The summed E-state index contributed by atoms with van der Waals surface area (Å²) in [5.41, 5.74) is 2.38. The van der Waals surface area contributed by atoms with Crippen molar-refractivity contribution in [1.82, 2.24) is 4.98 Å².